The molecule has 1 aliphatic rings. The number of alkyl halides is 2. The molecule has 0 atom stereocenters. The molecule has 0 unspecified atom stereocenters. The van der Waals surface area contributed by atoms with E-state index in [0.717, 1.165) is 12.8 Å². The van der Waals surface area contributed by atoms with Crippen molar-refractivity contribution in [2.75, 3.05) is 10.6 Å². The SMILES string of the molecule is O=C(Nc1ccc(NC(=O)c2cccnc2SC(F)F)cc1)NC1CC1. The van der Waals surface area contributed by atoms with E-state index in [1.54, 1.807) is 24.3 Å². The van der Waals surface area contributed by atoms with E-state index in [2.05, 4.69) is 20.9 Å². The molecular formula is C17H16F2N4O2S. The predicted molar refractivity (Wildman–Crippen MR) is 95.7 cm³/mol. The second-order valence-electron chi connectivity index (χ2n) is 5.64. The van der Waals surface area contributed by atoms with E-state index in [0.29, 0.717) is 11.4 Å². The van der Waals surface area contributed by atoms with Crippen molar-refractivity contribution in [2.45, 2.75) is 29.7 Å². The molecule has 3 amide bonds. The number of halogens is 2. The van der Waals surface area contributed by atoms with Crippen LogP contribution in [0.25, 0.3) is 0 Å². The second-order valence-corrected chi connectivity index (χ2v) is 6.62. The van der Waals surface area contributed by atoms with Crippen molar-refractivity contribution in [3.63, 3.8) is 0 Å². The van der Waals surface area contributed by atoms with E-state index in [1.165, 1.54) is 18.3 Å². The molecular weight excluding hydrogens is 362 g/mol. The molecule has 0 spiro atoms. The summed E-state index contributed by atoms with van der Waals surface area (Å²) in [5.41, 5.74) is 1.13. The summed E-state index contributed by atoms with van der Waals surface area (Å²) < 4.78 is 25.1. The molecule has 1 heterocycles. The highest BCUT2D eigenvalue weighted by Crippen LogP contribution is 2.27. The van der Waals surface area contributed by atoms with Gasteiger partial charge in [-0.15, -0.1) is 0 Å². The number of carbonyl (C=O) groups excluding carboxylic acids is 2. The summed E-state index contributed by atoms with van der Waals surface area (Å²) in [5, 5.41) is 8.10. The third kappa shape index (κ3) is 5.16. The first-order valence-electron chi connectivity index (χ1n) is 7.90. The Labute approximate surface area is 152 Å². The van der Waals surface area contributed by atoms with Gasteiger partial charge in [0.15, 0.2) is 0 Å². The fourth-order valence-electron chi connectivity index (χ4n) is 2.16. The summed E-state index contributed by atoms with van der Waals surface area (Å²) in [6.07, 6.45) is 3.35. The summed E-state index contributed by atoms with van der Waals surface area (Å²) in [5.74, 6) is -3.20. The lowest BCUT2D eigenvalue weighted by Gasteiger charge is -2.10. The molecule has 0 radical (unpaired) electrons. The molecule has 0 aliphatic heterocycles. The molecule has 1 aromatic carbocycles. The third-order valence-electron chi connectivity index (χ3n) is 3.53. The minimum absolute atomic E-state index is 0.0324. The van der Waals surface area contributed by atoms with Crippen LogP contribution in [-0.2, 0) is 0 Å². The first-order valence-corrected chi connectivity index (χ1v) is 8.78. The molecule has 3 N–H and O–H groups in total. The number of rotatable bonds is 6. The van der Waals surface area contributed by atoms with Crippen molar-refractivity contribution in [1.29, 1.82) is 0 Å². The number of anilines is 2. The number of aromatic nitrogens is 1. The summed E-state index contributed by atoms with van der Waals surface area (Å²) >= 11 is 0.223. The van der Waals surface area contributed by atoms with Crippen LogP contribution in [0.2, 0.25) is 0 Å². The van der Waals surface area contributed by atoms with Crippen LogP contribution in [0.4, 0.5) is 25.0 Å². The van der Waals surface area contributed by atoms with Gasteiger partial charge in [0.1, 0.15) is 5.03 Å². The molecule has 0 saturated heterocycles. The van der Waals surface area contributed by atoms with Crippen LogP contribution < -0.4 is 16.0 Å². The van der Waals surface area contributed by atoms with E-state index in [1.807, 2.05) is 0 Å². The molecule has 1 fully saturated rings. The van der Waals surface area contributed by atoms with Crippen LogP contribution in [0.5, 0.6) is 0 Å². The van der Waals surface area contributed by atoms with Crippen LogP contribution >= 0.6 is 11.8 Å². The number of pyridine rings is 1. The van der Waals surface area contributed by atoms with Gasteiger partial charge in [0, 0.05) is 23.6 Å². The second kappa shape index (κ2) is 8.13. The topological polar surface area (TPSA) is 83.1 Å². The normalized spacial score (nSPS) is 13.3. The van der Waals surface area contributed by atoms with Crippen molar-refractivity contribution in [1.82, 2.24) is 10.3 Å². The molecule has 6 nitrogen and oxygen atoms in total. The van der Waals surface area contributed by atoms with Gasteiger partial charge in [-0.3, -0.25) is 4.79 Å². The minimum Gasteiger partial charge on any atom is -0.335 e. The average Bonchev–Trinajstić information content (AvgIpc) is 3.40. The monoisotopic (exact) mass is 378 g/mol. The fourth-order valence-corrected chi connectivity index (χ4v) is 2.74. The minimum atomic E-state index is -2.66. The fraction of sp³-hybridized carbons (Fsp3) is 0.235. The zero-order valence-corrected chi connectivity index (χ0v) is 14.4. The summed E-state index contributed by atoms with van der Waals surface area (Å²) in [6.45, 7) is 0. The van der Waals surface area contributed by atoms with E-state index in [-0.39, 0.29) is 34.4 Å². The van der Waals surface area contributed by atoms with E-state index in [4.69, 9.17) is 0 Å². The van der Waals surface area contributed by atoms with Gasteiger partial charge in [-0.1, -0.05) is 0 Å². The number of hydrogen-bond acceptors (Lipinski definition) is 4. The Balaban J connectivity index is 1.61. The number of carbonyl (C=O) groups is 2. The highest BCUT2D eigenvalue weighted by molar-refractivity contribution is 7.99. The van der Waals surface area contributed by atoms with Crippen LogP contribution in [0, 0.1) is 0 Å². The molecule has 1 aliphatic carbocycles. The van der Waals surface area contributed by atoms with Crippen molar-refractivity contribution in [2.24, 2.45) is 0 Å². The maximum Gasteiger partial charge on any atom is 0.319 e. The van der Waals surface area contributed by atoms with Gasteiger partial charge in [-0.05, 0) is 61.0 Å². The zero-order chi connectivity index (χ0) is 18.5. The predicted octanol–water partition coefficient (Wildman–Crippen LogP) is 3.93. The summed E-state index contributed by atoms with van der Waals surface area (Å²) in [6, 6.07) is 9.44. The summed E-state index contributed by atoms with van der Waals surface area (Å²) in [7, 11) is 0. The molecule has 1 aromatic heterocycles. The number of hydrogen-bond donors (Lipinski definition) is 3. The van der Waals surface area contributed by atoms with Gasteiger partial charge in [0.2, 0.25) is 0 Å². The van der Waals surface area contributed by atoms with Crippen molar-refractivity contribution in [3.8, 4) is 0 Å². The summed E-state index contributed by atoms with van der Waals surface area (Å²) in [4.78, 5) is 27.8. The number of thioether (sulfide) groups is 1. The number of nitrogens with zero attached hydrogens (tertiary/aromatic N) is 1. The molecule has 26 heavy (non-hydrogen) atoms. The highest BCUT2D eigenvalue weighted by Gasteiger charge is 2.23. The Bertz CT molecular complexity index is 798. The maximum absolute atomic E-state index is 12.6. The Kier molecular flexibility index (Phi) is 5.67. The number of urea groups is 1. The average molecular weight is 378 g/mol. The number of benzene rings is 1. The van der Waals surface area contributed by atoms with Gasteiger partial charge in [-0.2, -0.15) is 8.78 Å². The molecule has 2 aromatic rings. The lowest BCUT2D eigenvalue weighted by Crippen LogP contribution is -2.30. The zero-order valence-electron chi connectivity index (χ0n) is 13.5. The first kappa shape index (κ1) is 18.1. The molecule has 3 rings (SSSR count). The standard InChI is InChI=1S/C17H16F2N4O2S/c18-16(19)26-15-13(2-1-9-20-15)14(24)21-10-3-5-11(6-4-10)22-17(25)23-12-7-8-12/h1-6,9,12,16H,7-8H2,(H,21,24)(H2,22,23,25). The smallest absolute Gasteiger partial charge is 0.319 e. The molecule has 0 bridgehead atoms. The Morgan fingerprint density at radius 2 is 1.73 bits per heavy atom. The van der Waals surface area contributed by atoms with Crippen LogP contribution in [0.3, 0.4) is 0 Å². The molecule has 136 valence electrons. The van der Waals surface area contributed by atoms with Crippen LogP contribution in [0.1, 0.15) is 23.2 Å². The van der Waals surface area contributed by atoms with Crippen LogP contribution in [0.15, 0.2) is 47.6 Å². The molecule has 1 saturated carbocycles. The number of nitrogens with one attached hydrogen (secondary N) is 3. The van der Waals surface area contributed by atoms with Gasteiger partial charge < -0.3 is 16.0 Å². The van der Waals surface area contributed by atoms with E-state index in [9.17, 15) is 18.4 Å². The lowest BCUT2D eigenvalue weighted by molar-refractivity contribution is 0.102. The van der Waals surface area contributed by atoms with Gasteiger partial charge in [0.25, 0.3) is 11.7 Å². The van der Waals surface area contributed by atoms with Crippen molar-refractivity contribution in [3.05, 3.63) is 48.2 Å². The largest absolute Gasteiger partial charge is 0.335 e. The van der Waals surface area contributed by atoms with Gasteiger partial charge in [0.05, 0.1) is 5.56 Å². The Hall–Kier alpha value is -2.68. The third-order valence-corrected chi connectivity index (χ3v) is 4.26. The number of amides is 3. The first-order chi connectivity index (χ1) is 12.5. The van der Waals surface area contributed by atoms with Crippen molar-refractivity contribution < 1.29 is 18.4 Å². The lowest BCUT2D eigenvalue weighted by atomic mass is 10.2. The van der Waals surface area contributed by atoms with E-state index < -0.39 is 11.7 Å². The van der Waals surface area contributed by atoms with E-state index >= 15 is 0 Å². The van der Waals surface area contributed by atoms with Crippen molar-refractivity contribution >= 4 is 35.1 Å². The van der Waals surface area contributed by atoms with Crippen LogP contribution in [-0.4, -0.2) is 28.7 Å². The quantitative estimate of drug-likeness (QED) is 0.665. The van der Waals surface area contributed by atoms with Gasteiger partial charge in [-0.25, -0.2) is 9.78 Å². The maximum atomic E-state index is 12.6. The molecule has 9 heteroatoms. The highest BCUT2D eigenvalue weighted by atomic mass is 32.2. The Morgan fingerprint density at radius 3 is 2.35 bits per heavy atom. The Morgan fingerprint density at radius 1 is 1.08 bits per heavy atom. The van der Waals surface area contributed by atoms with Gasteiger partial charge >= 0.3 is 6.03 Å².